The van der Waals surface area contributed by atoms with Gasteiger partial charge in [-0.3, -0.25) is 9.48 Å². The summed E-state index contributed by atoms with van der Waals surface area (Å²) in [6.07, 6.45) is 13.7. The van der Waals surface area contributed by atoms with E-state index in [4.69, 9.17) is 5.26 Å². The second kappa shape index (κ2) is 7.21. The van der Waals surface area contributed by atoms with E-state index in [-0.39, 0.29) is 11.3 Å². The Balaban J connectivity index is 1.34. The van der Waals surface area contributed by atoms with Crippen LogP contribution in [-0.2, 0) is 11.3 Å². The molecule has 4 fully saturated rings. The van der Waals surface area contributed by atoms with Crippen LogP contribution in [0.4, 0.5) is 0 Å². The van der Waals surface area contributed by atoms with Crippen molar-refractivity contribution >= 4 is 5.78 Å². The molecule has 0 amide bonds. The number of aromatic nitrogens is 2. The first-order valence-corrected chi connectivity index (χ1v) is 12.3. The van der Waals surface area contributed by atoms with Gasteiger partial charge in [0.1, 0.15) is 6.07 Å². The fourth-order valence-electron chi connectivity index (χ4n) is 8.78. The number of rotatable bonds is 3. The molecule has 5 rings (SSSR count). The number of Topliss-reactive ketones (excluding diaryl/α,β-unsaturated/α-hetero) is 1. The molecule has 0 saturated heterocycles. The third-order valence-corrected chi connectivity index (χ3v) is 10.4. The molecule has 4 nitrogen and oxygen atoms in total. The van der Waals surface area contributed by atoms with Crippen molar-refractivity contribution in [1.82, 2.24) is 9.78 Å². The molecule has 0 aromatic carbocycles. The minimum absolute atomic E-state index is 0.161. The quantitative estimate of drug-likeness (QED) is 0.653. The monoisotopic (exact) mass is 407 g/mol. The van der Waals surface area contributed by atoms with E-state index in [0.717, 1.165) is 36.0 Å². The predicted molar refractivity (Wildman–Crippen MR) is 116 cm³/mol. The van der Waals surface area contributed by atoms with Crippen LogP contribution in [0.2, 0.25) is 0 Å². The maximum atomic E-state index is 13.3. The second-order valence-electron chi connectivity index (χ2n) is 11.7. The van der Waals surface area contributed by atoms with Gasteiger partial charge in [0.25, 0.3) is 0 Å². The van der Waals surface area contributed by atoms with Crippen LogP contribution in [0.5, 0.6) is 0 Å². The first-order chi connectivity index (χ1) is 14.3. The van der Waals surface area contributed by atoms with Crippen molar-refractivity contribution < 1.29 is 4.79 Å². The van der Waals surface area contributed by atoms with E-state index < -0.39 is 0 Å². The van der Waals surface area contributed by atoms with Crippen molar-refractivity contribution in [3.05, 3.63) is 18.0 Å². The first-order valence-electron chi connectivity index (χ1n) is 12.3. The van der Waals surface area contributed by atoms with Gasteiger partial charge in [0, 0.05) is 12.1 Å². The zero-order valence-corrected chi connectivity index (χ0v) is 18.9. The molecular weight excluding hydrogens is 370 g/mol. The Labute approximate surface area is 181 Å². The molecule has 30 heavy (non-hydrogen) atoms. The van der Waals surface area contributed by atoms with E-state index in [2.05, 4.69) is 31.9 Å². The molecule has 0 aliphatic heterocycles. The fourth-order valence-corrected chi connectivity index (χ4v) is 8.78. The zero-order valence-electron chi connectivity index (χ0n) is 18.9. The Bertz CT molecular complexity index is 868. The van der Waals surface area contributed by atoms with Crippen LogP contribution in [0.25, 0.3) is 0 Å². The number of nitrogens with zero attached hydrogens (tertiary/aromatic N) is 3. The maximum absolute atomic E-state index is 13.3. The van der Waals surface area contributed by atoms with Gasteiger partial charge in [-0.1, -0.05) is 27.2 Å². The standard InChI is InChI=1S/C26H37N3O/c1-17-8-11-25(2)18(14-17)4-5-20-21-6-7-23(26(21,3)12-9-22(20)25)24(30)16-29-13-10-19(15-27)28-29/h10,13,17-18,20-23H,4-9,11-12,14,16H2,1-3H3. The van der Waals surface area contributed by atoms with Crippen molar-refractivity contribution in [3.63, 3.8) is 0 Å². The van der Waals surface area contributed by atoms with Gasteiger partial charge < -0.3 is 0 Å². The minimum atomic E-state index is 0.161. The van der Waals surface area contributed by atoms with Crippen LogP contribution in [-0.4, -0.2) is 15.6 Å². The Kier molecular flexibility index (Phi) is 4.88. The maximum Gasteiger partial charge on any atom is 0.162 e. The topological polar surface area (TPSA) is 58.7 Å². The number of fused-ring (bicyclic) bond motifs is 5. The van der Waals surface area contributed by atoms with Gasteiger partial charge in [-0.15, -0.1) is 0 Å². The lowest BCUT2D eigenvalue weighted by molar-refractivity contribution is -0.137. The number of hydrogen-bond donors (Lipinski definition) is 0. The molecule has 4 saturated carbocycles. The smallest absolute Gasteiger partial charge is 0.162 e. The minimum Gasteiger partial charge on any atom is -0.297 e. The van der Waals surface area contributed by atoms with Crippen LogP contribution in [0.1, 0.15) is 84.3 Å². The molecule has 1 heterocycles. The lowest BCUT2D eigenvalue weighted by Crippen LogP contribution is -2.53. The number of nitriles is 1. The van der Waals surface area contributed by atoms with Crippen LogP contribution in [0.15, 0.2) is 12.3 Å². The highest BCUT2D eigenvalue weighted by Crippen LogP contribution is 2.67. The van der Waals surface area contributed by atoms with E-state index in [1.54, 1.807) is 16.9 Å². The van der Waals surface area contributed by atoms with Gasteiger partial charge in [-0.25, -0.2) is 0 Å². The van der Waals surface area contributed by atoms with Gasteiger partial charge in [-0.2, -0.15) is 10.4 Å². The Morgan fingerprint density at radius 1 is 1.13 bits per heavy atom. The Morgan fingerprint density at radius 3 is 2.67 bits per heavy atom. The Hall–Kier alpha value is -1.63. The average molecular weight is 408 g/mol. The summed E-state index contributed by atoms with van der Waals surface area (Å²) in [6, 6.07) is 3.76. The molecule has 0 N–H and O–H groups in total. The van der Waals surface area contributed by atoms with Crippen molar-refractivity contribution in [3.8, 4) is 6.07 Å². The molecule has 4 heteroatoms. The van der Waals surface area contributed by atoms with Crippen molar-refractivity contribution in [1.29, 1.82) is 5.26 Å². The summed E-state index contributed by atoms with van der Waals surface area (Å²) in [5.74, 6) is 4.75. The molecule has 0 radical (unpaired) electrons. The van der Waals surface area contributed by atoms with Crippen molar-refractivity contribution in [2.75, 3.05) is 0 Å². The Morgan fingerprint density at radius 2 is 1.90 bits per heavy atom. The third kappa shape index (κ3) is 2.99. The largest absolute Gasteiger partial charge is 0.297 e. The summed E-state index contributed by atoms with van der Waals surface area (Å²) in [5.41, 5.74) is 1.10. The molecule has 8 unspecified atom stereocenters. The van der Waals surface area contributed by atoms with E-state index in [1.807, 2.05) is 0 Å². The van der Waals surface area contributed by atoms with E-state index >= 15 is 0 Å². The van der Waals surface area contributed by atoms with Crippen molar-refractivity contribution in [2.45, 2.75) is 85.1 Å². The van der Waals surface area contributed by atoms with E-state index in [1.165, 1.54) is 51.4 Å². The number of ketones is 1. The van der Waals surface area contributed by atoms with Crippen LogP contribution < -0.4 is 0 Å². The summed E-state index contributed by atoms with van der Waals surface area (Å²) in [4.78, 5) is 13.3. The summed E-state index contributed by atoms with van der Waals surface area (Å²) < 4.78 is 1.67. The SMILES string of the molecule is CC1CCC2(C)C(CCC3C2CCC2(C)C(C(=O)Cn4ccc(C#N)n4)CCC32)C1. The molecule has 0 spiro atoms. The fraction of sp³-hybridized carbons (Fsp3) is 0.808. The summed E-state index contributed by atoms with van der Waals surface area (Å²) in [7, 11) is 0. The van der Waals surface area contributed by atoms with Crippen LogP contribution in [0, 0.1) is 57.7 Å². The van der Waals surface area contributed by atoms with Gasteiger partial charge >= 0.3 is 0 Å². The summed E-state index contributed by atoms with van der Waals surface area (Å²) in [5, 5.41) is 13.2. The third-order valence-electron chi connectivity index (χ3n) is 10.4. The highest BCUT2D eigenvalue weighted by Gasteiger charge is 2.60. The predicted octanol–water partition coefficient (Wildman–Crippen LogP) is 5.62. The normalized spacial score (nSPS) is 45.1. The van der Waals surface area contributed by atoms with E-state index in [9.17, 15) is 4.79 Å². The molecule has 162 valence electrons. The molecular formula is C26H37N3O. The van der Waals surface area contributed by atoms with Gasteiger partial charge in [-0.05, 0) is 97.9 Å². The molecule has 8 atom stereocenters. The molecule has 1 aromatic heterocycles. The highest BCUT2D eigenvalue weighted by atomic mass is 16.1. The number of hydrogen-bond acceptors (Lipinski definition) is 3. The second-order valence-corrected chi connectivity index (χ2v) is 11.7. The first kappa shape index (κ1) is 20.3. The summed E-state index contributed by atoms with van der Waals surface area (Å²) in [6.45, 7) is 7.84. The van der Waals surface area contributed by atoms with E-state index in [0.29, 0.717) is 23.4 Å². The summed E-state index contributed by atoms with van der Waals surface area (Å²) >= 11 is 0. The lowest BCUT2D eigenvalue weighted by atomic mass is 9.44. The van der Waals surface area contributed by atoms with Gasteiger partial charge in [0.05, 0.1) is 6.54 Å². The van der Waals surface area contributed by atoms with Gasteiger partial charge in [0.2, 0.25) is 0 Å². The van der Waals surface area contributed by atoms with Gasteiger partial charge in [0.15, 0.2) is 11.5 Å². The number of carbonyl (C=O) groups is 1. The molecule has 4 aliphatic carbocycles. The average Bonchev–Trinajstić information content (AvgIpc) is 3.32. The molecule has 0 bridgehead atoms. The zero-order chi connectivity index (χ0) is 21.1. The van der Waals surface area contributed by atoms with Crippen LogP contribution in [0.3, 0.4) is 0 Å². The number of carbonyl (C=O) groups excluding carboxylic acids is 1. The van der Waals surface area contributed by atoms with Crippen molar-refractivity contribution in [2.24, 2.45) is 46.3 Å². The molecule has 4 aliphatic rings. The highest BCUT2D eigenvalue weighted by molar-refractivity contribution is 5.82. The lowest BCUT2D eigenvalue weighted by Gasteiger charge is -2.61. The molecule has 1 aromatic rings. The van der Waals surface area contributed by atoms with Crippen LogP contribution >= 0.6 is 0 Å².